The van der Waals surface area contributed by atoms with Gasteiger partial charge in [0, 0.05) is 0 Å². The highest BCUT2D eigenvalue weighted by Gasteiger charge is 2.35. The van der Waals surface area contributed by atoms with Crippen molar-refractivity contribution in [2.75, 3.05) is 0 Å². The molecule has 0 bridgehead atoms. The summed E-state index contributed by atoms with van der Waals surface area (Å²) in [6.45, 7) is 5.27. The molecule has 3 heteroatoms. The van der Waals surface area contributed by atoms with E-state index in [1.165, 1.54) is 6.92 Å². The molecule has 0 radical (unpaired) electrons. The van der Waals surface area contributed by atoms with E-state index < -0.39 is 11.4 Å². The molecule has 0 spiro atoms. The topological polar surface area (TPSA) is 61.1 Å². The third-order valence-electron chi connectivity index (χ3n) is 2.74. The lowest BCUT2D eigenvalue weighted by Crippen LogP contribution is -2.30. The van der Waals surface area contributed by atoms with Gasteiger partial charge < -0.3 is 5.11 Å². The zero-order chi connectivity index (χ0) is 11.6. The van der Waals surface area contributed by atoms with E-state index in [9.17, 15) is 4.79 Å². The Kier molecular flexibility index (Phi) is 2.81. The number of nitriles is 1. The fourth-order valence-electron chi connectivity index (χ4n) is 1.29. The number of rotatable bonds is 2. The summed E-state index contributed by atoms with van der Waals surface area (Å²) in [6, 6.07) is 7.13. The highest BCUT2D eigenvalue weighted by Crippen LogP contribution is 2.25. The predicted molar refractivity (Wildman–Crippen MR) is 56.5 cm³/mol. The molecule has 0 saturated heterocycles. The largest absolute Gasteiger partial charge is 0.480 e. The van der Waals surface area contributed by atoms with E-state index in [0.29, 0.717) is 5.56 Å². The van der Waals surface area contributed by atoms with Crippen LogP contribution in [0.3, 0.4) is 0 Å². The molecule has 0 aliphatic rings. The van der Waals surface area contributed by atoms with Gasteiger partial charge >= 0.3 is 5.97 Å². The molecular formula is C12H13NO2. The average Bonchev–Trinajstić information content (AvgIpc) is 2.20. The molecule has 15 heavy (non-hydrogen) atoms. The number of aliphatic carboxylic acids is 1. The van der Waals surface area contributed by atoms with Crippen LogP contribution in [0.4, 0.5) is 0 Å². The summed E-state index contributed by atoms with van der Waals surface area (Å²) < 4.78 is 0. The first-order valence-corrected chi connectivity index (χ1v) is 4.64. The lowest BCUT2D eigenvalue weighted by Gasteiger charge is -2.17. The molecule has 1 N–H and O–H groups in total. The number of aryl methyl sites for hydroxylation is 2. The van der Waals surface area contributed by atoms with Gasteiger partial charge in [-0.15, -0.1) is 0 Å². The van der Waals surface area contributed by atoms with Gasteiger partial charge in [-0.05, 0) is 37.5 Å². The molecule has 1 aromatic rings. The molecule has 1 aromatic carbocycles. The first kappa shape index (κ1) is 11.3. The van der Waals surface area contributed by atoms with Crippen molar-refractivity contribution in [3.63, 3.8) is 0 Å². The van der Waals surface area contributed by atoms with E-state index in [1.54, 1.807) is 12.1 Å². The summed E-state index contributed by atoms with van der Waals surface area (Å²) in [7, 11) is 0. The van der Waals surface area contributed by atoms with E-state index in [4.69, 9.17) is 10.4 Å². The van der Waals surface area contributed by atoms with Gasteiger partial charge in [0.2, 0.25) is 0 Å². The van der Waals surface area contributed by atoms with Crippen molar-refractivity contribution in [2.24, 2.45) is 0 Å². The molecule has 0 saturated carbocycles. The number of hydrogen-bond acceptors (Lipinski definition) is 2. The van der Waals surface area contributed by atoms with Crippen molar-refractivity contribution >= 4 is 5.97 Å². The van der Waals surface area contributed by atoms with E-state index in [2.05, 4.69) is 0 Å². The summed E-state index contributed by atoms with van der Waals surface area (Å²) in [5.74, 6) is -1.12. The van der Waals surface area contributed by atoms with Gasteiger partial charge in [-0.25, -0.2) is 0 Å². The van der Waals surface area contributed by atoms with Gasteiger partial charge in [-0.3, -0.25) is 4.79 Å². The van der Waals surface area contributed by atoms with Crippen LogP contribution in [-0.2, 0) is 10.2 Å². The molecular weight excluding hydrogens is 190 g/mol. The zero-order valence-electron chi connectivity index (χ0n) is 9.03. The molecule has 1 atom stereocenters. The van der Waals surface area contributed by atoms with Crippen LogP contribution in [0.15, 0.2) is 18.2 Å². The van der Waals surface area contributed by atoms with Crippen molar-refractivity contribution < 1.29 is 9.90 Å². The number of carboxylic acids is 1. The van der Waals surface area contributed by atoms with Crippen molar-refractivity contribution in [3.8, 4) is 6.07 Å². The Morgan fingerprint density at radius 3 is 2.40 bits per heavy atom. The van der Waals surface area contributed by atoms with Gasteiger partial charge in [-0.2, -0.15) is 5.26 Å². The minimum atomic E-state index is -1.46. The minimum absolute atomic E-state index is 0.528. The molecule has 0 aliphatic carbocycles. The number of benzene rings is 1. The van der Waals surface area contributed by atoms with Crippen LogP contribution in [-0.4, -0.2) is 11.1 Å². The Labute approximate surface area is 89.0 Å². The SMILES string of the molecule is Cc1ccc(C(C)(C#N)C(=O)O)cc1C. The van der Waals surface area contributed by atoms with E-state index in [0.717, 1.165) is 11.1 Å². The Bertz CT molecular complexity index is 445. The molecule has 1 rings (SSSR count). The van der Waals surface area contributed by atoms with Crippen LogP contribution in [0.5, 0.6) is 0 Å². The summed E-state index contributed by atoms with van der Waals surface area (Å²) in [6.07, 6.45) is 0. The van der Waals surface area contributed by atoms with Gasteiger partial charge in [0.1, 0.15) is 0 Å². The normalized spacial score (nSPS) is 14.0. The zero-order valence-corrected chi connectivity index (χ0v) is 9.03. The lowest BCUT2D eigenvalue weighted by atomic mass is 9.83. The van der Waals surface area contributed by atoms with E-state index >= 15 is 0 Å². The van der Waals surface area contributed by atoms with Crippen molar-refractivity contribution in [1.29, 1.82) is 5.26 Å². The first-order valence-electron chi connectivity index (χ1n) is 4.64. The lowest BCUT2D eigenvalue weighted by molar-refractivity contribution is -0.141. The summed E-state index contributed by atoms with van der Waals surface area (Å²) in [5, 5.41) is 18.0. The molecule has 78 valence electrons. The Hall–Kier alpha value is -1.82. The molecule has 0 aliphatic heterocycles. The highest BCUT2D eigenvalue weighted by molar-refractivity contribution is 5.84. The van der Waals surface area contributed by atoms with E-state index in [1.807, 2.05) is 26.0 Å². The maximum Gasteiger partial charge on any atom is 0.328 e. The Morgan fingerprint density at radius 1 is 1.40 bits per heavy atom. The van der Waals surface area contributed by atoms with Gasteiger partial charge in [0.15, 0.2) is 5.41 Å². The van der Waals surface area contributed by atoms with Crippen LogP contribution in [0, 0.1) is 25.2 Å². The summed E-state index contributed by atoms with van der Waals surface area (Å²) in [4.78, 5) is 11.0. The predicted octanol–water partition coefficient (Wildman–Crippen LogP) is 2.17. The minimum Gasteiger partial charge on any atom is -0.480 e. The maximum atomic E-state index is 11.0. The smallest absolute Gasteiger partial charge is 0.328 e. The summed E-state index contributed by atoms with van der Waals surface area (Å²) in [5.41, 5.74) is 1.15. The van der Waals surface area contributed by atoms with Crippen LogP contribution in [0.2, 0.25) is 0 Å². The fourth-order valence-corrected chi connectivity index (χ4v) is 1.29. The van der Waals surface area contributed by atoms with Gasteiger partial charge in [-0.1, -0.05) is 18.2 Å². The van der Waals surface area contributed by atoms with E-state index in [-0.39, 0.29) is 0 Å². The molecule has 1 unspecified atom stereocenters. The van der Waals surface area contributed by atoms with Crippen LogP contribution in [0.1, 0.15) is 23.6 Å². The van der Waals surface area contributed by atoms with Crippen molar-refractivity contribution in [1.82, 2.24) is 0 Å². The second-order valence-electron chi connectivity index (χ2n) is 3.84. The van der Waals surface area contributed by atoms with Gasteiger partial charge in [0.25, 0.3) is 0 Å². The fraction of sp³-hybridized carbons (Fsp3) is 0.333. The van der Waals surface area contributed by atoms with Crippen molar-refractivity contribution in [3.05, 3.63) is 34.9 Å². The summed E-state index contributed by atoms with van der Waals surface area (Å²) >= 11 is 0. The molecule has 0 heterocycles. The third-order valence-corrected chi connectivity index (χ3v) is 2.74. The second kappa shape index (κ2) is 3.74. The van der Waals surface area contributed by atoms with Crippen LogP contribution in [0.25, 0.3) is 0 Å². The number of nitrogens with zero attached hydrogens (tertiary/aromatic N) is 1. The maximum absolute atomic E-state index is 11.0. The van der Waals surface area contributed by atoms with Crippen LogP contribution < -0.4 is 0 Å². The molecule has 0 fully saturated rings. The molecule has 0 aromatic heterocycles. The first-order chi connectivity index (χ1) is 6.91. The molecule has 3 nitrogen and oxygen atoms in total. The Balaban J connectivity index is 3.33. The Morgan fingerprint density at radius 2 is 2.00 bits per heavy atom. The standard InChI is InChI=1S/C12H13NO2/c1-8-4-5-10(6-9(8)2)12(3,7-13)11(14)15/h4-6H,1-3H3,(H,14,15). The number of carboxylic acid groups (broad SMARTS) is 1. The van der Waals surface area contributed by atoms with Crippen molar-refractivity contribution in [2.45, 2.75) is 26.2 Å². The number of carbonyl (C=O) groups is 1. The highest BCUT2D eigenvalue weighted by atomic mass is 16.4. The second-order valence-corrected chi connectivity index (χ2v) is 3.84. The van der Waals surface area contributed by atoms with Crippen LogP contribution >= 0.6 is 0 Å². The number of hydrogen-bond donors (Lipinski definition) is 1. The van der Waals surface area contributed by atoms with Gasteiger partial charge in [0.05, 0.1) is 6.07 Å². The monoisotopic (exact) mass is 203 g/mol. The average molecular weight is 203 g/mol. The quantitative estimate of drug-likeness (QED) is 0.801. The molecule has 0 amide bonds. The third kappa shape index (κ3) is 1.84.